The first kappa shape index (κ1) is 30.9. The van der Waals surface area contributed by atoms with Crippen molar-refractivity contribution in [3.63, 3.8) is 0 Å². The van der Waals surface area contributed by atoms with E-state index in [1.165, 1.54) is 47.8 Å². The fraction of sp³-hybridized carbons (Fsp3) is 0.0408. The van der Waals surface area contributed by atoms with Crippen LogP contribution in [0, 0.1) is 0 Å². The van der Waals surface area contributed by atoms with E-state index in [4.69, 9.17) is 19.7 Å². The van der Waals surface area contributed by atoms with Crippen molar-refractivity contribution in [2.45, 2.75) is 12.0 Å². The summed E-state index contributed by atoms with van der Waals surface area (Å²) in [5, 5.41) is 4.86. The lowest BCUT2D eigenvalue weighted by molar-refractivity contribution is 0.281. The highest BCUT2D eigenvalue weighted by atomic mass is 32.1. The fourth-order valence-corrected chi connectivity index (χ4v) is 9.38. The Morgan fingerprint density at radius 1 is 0.463 bits per heavy atom. The van der Waals surface area contributed by atoms with E-state index >= 15 is 0 Å². The number of para-hydroxylation sites is 1. The zero-order chi connectivity index (χ0) is 35.6. The van der Waals surface area contributed by atoms with Gasteiger partial charge in [-0.25, -0.2) is 15.0 Å². The van der Waals surface area contributed by atoms with Gasteiger partial charge in [0.15, 0.2) is 17.5 Å². The average Bonchev–Trinajstić information content (AvgIpc) is 3.83. The minimum atomic E-state index is -0.238. The van der Waals surface area contributed by atoms with E-state index in [1.54, 1.807) is 0 Å². The van der Waals surface area contributed by atoms with Crippen LogP contribution < -0.4 is 4.74 Å². The van der Waals surface area contributed by atoms with Crippen molar-refractivity contribution in [1.82, 2.24) is 15.0 Å². The standard InChI is InChI=1S/C49H31N3OS/c1-3-12-30(13-4-1)32-22-23-34-29-35(25-24-33(34)28-32)48-50-47(31-14-5-2-6-15-31)51-49(52-48)41-27-26-37(45-44(41)40-17-7-9-20-42(40)53-45)39-19-11-18-38-36-16-8-10-21-43(36)54-46(38)39/h1-29,44-45H. The first-order chi connectivity index (χ1) is 26.7. The monoisotopic (exact) mass is 709 g/mol. The topological polar surface area (TPSA) is 47.9 Å². The molecule has 4 nitrogen and oxygen atoms in total. The molecule has 2 atom stereocenters. The molecule has 2 aromatic heterocycles. The summed E-state index contributed by atoms with van der Waals surface area (Å²) in [5.41, 5.74) is 8.82. The van der Waals surface area contributed by atoms with E-state index in [9.17, 15) is 0 Å². The number of aromatic nitrogens is 3. The molecule has 0 amide bonds. The smallest absolute Gasteiger partial charge is 0.164 e. The fourth-order valence-electron chi connectivity index (χ4n) is 8.14. The minimum absolute atomic E-state index is 0.0993. The molecule has 7 aromatic carbocycles. The zero-order valence-electron chi connectivity index (χ0n) is 29.1. The molecule has 3 heterocycles. The number of fused-ring (bicyclic) bond motifs is 7. The van der Waals surface area contributed by atoms with Gasteiger partial charge in [0.2, 0.25) is 0 Å². The van der Waals surface area contributed by atoms with E-state index in [0.717, 1.165) is 33.4 Å². The molecule has 1 aliphatic heterocycles. The van der Waals surface area contributed by atoms with Gasteiger partial charge in [-0.2, -0.15) is 0 Å². The van der Waals surface area contributed by atoms with Crippen LogP contribution in [0.5, 0.6) is 5.75 Å². The molecule has 1 aliphatic carbocycles. The van der Waals surface area contributed by atoms with E-state index in [2.05, 4.69) is 146 Å². The Hall–Kier alpha value is -6.69. The van der Waals surface area contributed by atoms with Crippen molar-refractivity contribution in [1.29, 1.82) is 0 Å². The van der Waals surface area contributed by atoms with Crippen LogP contribution in [0.4, 0.5) is 0 Å². The summed E-state index contributed by atoms with van der Waals surface area (Å²) in [6.07, 6.45) is 4.21. The summed E-state index contributed by atoms with van der Waals surface area (Å²) in [4.78, 5) is 15.6. The van der Waals surface area contributed by atoms with E-state index < -0.39 is 0 Å². The summed E-state index contributed by atoms with van der Waals surface area (Å²) in [6, 6.07) is 57.5. The van der Waals surface area contributed by atoms with Crippen molar-refractivity contribution in [2.24, 2.45) is 0 Å². The largest absolute Gasteiger partial charge is 0.484 e. The average molecular weight is 710 g/mol. The molecular weight excluding hydrogens is 679 g/mol. The number of hydrogen-bond donors (Lipinski definition) is 0. The van der Waals surface area contributed by atoms with Gasteiger partial charge in [0, 0.05) is 48.0 Å². The van der Waals surface area contributed by atoms with Crippen molar-refractivity contribution < 1.29 is 4.74 Å². The summed E-state index contributed by atoms with van der Waals surface area (Å²) in [7, 11) is 0. The summed E-state index contributed by atoms with van der Waals surface area (Å²) < 4.78 is 9.46. The number of ether oxygens (including phenoxy) is 1. The number of hydrogen-bond acceptors (Lipinski definition) is 5. The van der Waals surface area contributed by atoms with Crippen molar-refractivity contribution in [3.8, 4) is 39.7 Å². The van der Waals surface area contributed by atoms with Crippen molar-refractivity contribution >= 4 is 53.4 Å². The molecule has 11 rings (SSSR count). The maximum Gasteiger partial charge on any atom is 0.164 e. The quantitative estimate of drug-likeness (QED) is 0.178. The molecule has 2 aliphatic rings. The van der Waals surface area contributed by atoms with Crippen LogP contribution in [0.15, 0.2) is 176 Å². The Morgan fingerprint density at radius 3 is 1.93 bits per heavy atom. The van der Waals surface area contributed by atoms with Crippen LogP contribution in [0.3, 0.4) is 0 Å². The highest BCUT2D eigenvalue weighted by molar-refractivity contribution is 7.26. The molecule has 0 N–H and O–H groups in total. The highest BCUT2D eigenvalue weighted by Gasteiger charge is 2.43. The Kier molecular flexibility index (Phi) is 7.13. The SMILES string of the molecule is C1=C(c2cccc3c2sc2ccccc23)C2Oc3ccccc3C2C(c2nc(-c3ccccc3)nc(-c3ccc4cc(-c5ccccc5)ccc4c3)n2)=C1. The third kappa shape index (κ3) is 5.08. The molecule has 0 saturated carbocycles. The van der Waals surface area contributed by atoms with Crippen LogP contribution in [-0.4, -0.2) is 21.1 Å². The van der Waals surface area contributed by atoms with Crippen LogP contribution in [-0.2, 0) is 0 Å². The number of benzene rings is 7. The molecule has 0 spiro atoms. The first-order valence-corrected chi connectivity index (χ1v) is 19.1. The van der Waals surface area contributed by atoms with Crippen LogP contribution >= 0.6 is 11.3 Å². The van der Waals surface area contributed by atoms with Gasteiger partial charge in [0.25, 0.3) is 0 Å². The van der Waals surface area contributed by atoms with Gasteiger partial charge in [-0.05, 0) is 51.7 Å². The predicted molar refractivity (Wildman–Crippen MR) is 223 cm³/mol. The van der Waals surface area contributed by atoms with E-state index in [1.807, 2.05) is 41.7 Å². The van der Waals surface area contributed by atoms with Gasteiger partial charge in [-0.3, -0.25) is 0 Å². The molecule has 0 fully saturated rings. The molecule has 254 valence electrons. The van der Waals surface area contributed by atoms with Gasteiger partial charge in [-0.15, -0.1) is 11.3 Å². The van der Waals surface area contributed by atoms with Crippen LogP contribution in [0.1, 0.15) is 22.9 Å². The van der Waals surface area contributed by atoms with Gasteiger partial charge in [0.1, 0.15) is 11.9 Å². The molecule has 5 heteroatoms. The second-order valence-corrected chi connectivity index (χ2v) is 14.9. The van der Waals surface area contributed by atoms with Gasteiger partial charge >= 0.3 is 0 Å². The second-order valence-electron chi connectivity index (χ2n) is 13.9. The molecule has 9 aromatic rings. The van der Waals surface area contributed by atoms with Gasteiger partial charge < -0.3 is 4.74 Å². The van der Waals surface area contributed by atoms with Crippen LogP contribution in [0.25, 0.3) is 76.0 Å². The third-order valence-electron chi connectivity index (χ3n) is 10.7. The number of allylic oxidation sites excluding steroid dienone is 2. The minimum Gasteiger partial charge on any atom is -0.484 e. The lowest BCUT2D eigenvalue weighted by Gasteiger charge is -2.28. The molecular formula is C49H31N3OS. The Morgan fingerprint density at radius 2 is 1.09 bits per heavy atom. The summed E-state index contributed by atoms with van der Waals surface area (Å²) in [5.74, 6) is 2.74. The number of rotatable bonds is 5. The third-order valence-corrected chi connectivity index (χ3v) is 12.0. The highest BCUT2D eigenvalue weighted by Crippen LogP contribution is 2.53. The van der Waals surface area contributed by atoms with Crippen LogP contribution in [0.2, 0.25) is 0 Å². The molecule has 0 bridgehead atoms. The number of nitrogens with zero attached hydrogens (tertiary/aromatic N) is 3. The Labute approximate surface area is 316 Å². The predicted octanol–water partition coefficient (Wildman–Crippen LogP) is 12.4. The van der Waals surface area contributed by atoms with Gasteiger partial charge in [-0.1, -0.05) is 152 Å². The molecule has 0 saturated heterocycles. The Balaban J connectivity index is 1.08. The zero-order valence-corrected chi connectivity index (χ0v) is 29.9. The Bertz CT molecular complexity index is 2980. The first-order valence-electron chi connectivity index (χ1n) is 18.2. The lowest BCUT2D eigenvalue weighted by atomic mass is 9.78. The van der Waals surface area contributed by atoms with E-state index in [0.29, 0.717) is 17.5 Å². The van der Waals surface area contributed by atoms with Gasteiger partial charge in [0.05, 0.1) is 5.92 Å². The normalized spacial score (nSPS) is 16.1. The maximum atomic E-state index is 6.90. The van der Waals surface area contributed by atoms with Crippen molar-refractivity contribution in [3.05, 3.63) is 193 Å². The maximum absolute atomic E-state index is 6.90. The molecule has 2 unspecified atom stereocenters. The molecule has 0 radical (unpaired) electrons. The molecule has 54 heavy (non-hydrogen) atoms. The lowest BCUT2D eigenvalue weighted by Crippen LogP contribution is -2.25. The second kappa shape index (κ2) is 12.5. The van der Waals surface area contributed by atoms with Crippen molar-refractivity contribution in [2.75, 3.05) is 0 Å². The summed E-state index contributed by atoms with van der Waals surface area (Å²) >= 11 is 1.85. The number of thiophene rings is 1. The van der Waals surface area contributed by atoms with E-state index in [-0.39, 0.29) is 12.0 Å². The summed E-state index contributed by atoms with van der Waals surface area (Å²) in [6.45, 7) is 0.